The average Bonchev–Trinajstić information content (AvgIpc) is 2.73. The van der Waals surface area contributed by atoms with Crippen molar-refractivity contribution in [2.24, 2.45) is 0 Å². The Kier molecular flexibility index (Phi) is 3.06. The first kappa shape index (κ1) is 11.7. The summed E-state index contributed by atoms with van der Waals surface area (Å²) >= 11 is 0. The smallest absolute Gasteiger partial charge is 0.137 e. The van der Waals surface area contributed by atoms with Crippen molar-refractivity contribution in [3.63, 3.8) is 0 Å². The molecule has 1 fully saturated rings. The number of likely N-dealkylation sites (N-methyl/N-ethyl adjacent to an activating group) is 1. The number of piperazine rings is 1. The third-order valence-corrected chi connectivity index (χ3v) is 3.51. The summed E-state index contributed by atoms with van der Waals surface area (Å²) < 4.78 is 18.8. The Hall–Kier alpha value is -1.39. The second-order valence-corrected chi connectivity index (χ2v) is 4.97. The van der Waals surface area contributed by atoms with Crippen LogP contribution in [0.25, 0.3) is 11.0 Å². The van der Waals surface area contributed by atoms with E-state index in [1.54, 1.807) is 6.07 Å². The zero-order chi connectivity index (χ0) is 12.5. The fraction of sp³-hybridized carbons (Fsp3) is 0.429. The highest BCUT2D eigenvalue weighted by Gasteiger charge is 2.15. The molecule has 4 heteroatoms. The van der Waals surface area contributed by atoms with E-state index in [1.807, 2.05) is 6.07 Å². The lowest BCUT2D eigenvalue weighted by molar-refractivity contribution is 0.141. The molecule has 0 atom stereocenters. The quantitative estimate of drug-likeness (QED) is 0.813. The molecular weight excluding hydrogens is 231 g/mol. The molecule has 0 saturated carbocycles. The highest BCUT2D eigenvalue weighted by Crippen LogP contribution is 2.21. The third-order valence-electron chi connectivity index (χ3n) is 3.51. The molecule has 18 heavy (non-hydrogen) atoms. The summed E-state index contributed by atoms with van der Waals surface area (Å²) in [5.74, 6) is 0.670. The molecule has 0 radical (unpaired) electrons. The first-order valence-corrected chi connectivity index (χ1v) is 6.29. The number of fused-ring (bicyclic) bond motifs is 1. The van der Waals surface area contributed by atoms with Crippen LogP contribution in [0.3, 0.4) is 0 Å². The maximum atomic E-state index is 13.1. The predicted octanol–water partition coefficient (Wildman–Crippen LogP) is 2.32. The molecule has 1 aromatic heterocycles. The highest BCUT2D eigenvalue weighted by molar-refractivity contribution is 5.77. The number of hydrogen-bond donors (Lipinski definition) is 0. The van der Waals surface area contributed by atoms with Crippen molar-refractivity contribution in [1.82, 2.24) is 9.80 Å². The molecule has 1 aliphatic heterocycles. The second kappa shape index (κ2) is 4.71. The van der Waals surface area contributed by atoms with Crippen LogP contribution < -0.4 is 0 Å². The van der Waals surface area contributed by atoms with Crippen LogP contribution >= 0.6 is 0 Å². The van der Waals surface area contributed by atoms with Crippen molar-refractivity contribution in [3.8, 4) is 0 Å². The van der Waals surface area contributed by atoms with E-state index in [0.717, 1.165) is 43.9 Å². The Morgan fingerprint density at radius 2 is 1.94 bits per heavy atom. The molecule has 0 unspecified atom stereocenters. The second-order valence-electron chi connectivity index (χ2n) is 4.97. The summed E-state index contributed by atoms with van der Waals surface area (Å²) in [5, 5.41) is 0.973. The van der Waals surface area contributed by atoms with E-state index in [1.165, 1.54) is 12.1 Å². The Balaban J connectivity index is 1.74. The van der Waals surface area contributed by atoms with E-state index in [4.69, 9.17) is 4.42 Å². The van der Waals surface area contributed by atoms with E-state index in [-0.39, 0.29) is 5.82 Å². The molecule has 1 aromatic carbocycles. The van der Waals surface area contributed by atoms with Gasteiger partial charge in [-0.15, -0.1) is 0 Å². The van der Waals surface area contributed by atoms with Gasteiger partial charge in [-0.1, -0.05) is 0 Å². The Morgan fingerprint density at radius 1 is 1.17 bits per heavy atom. The Morgan fingerprint density at radius 3 is 2.72 bits per heavy atom. The number of furan rings is 1. The van der Waals surface area contributed by atoms with Crippen LogP contribution in [-0.4, -0.2) is 43.0 Å². The van der Waals surface area contributed by atoms with Gasteiger partial charge in [-0.2, -0.15) is 0 Å². The van der Waals surface area contributed by atoms with Gasteiger partial charge in [0.2, 0.25) is 0 Å². The number of hydrogen-bond acceptors (Lipinski definition) is 3. The van der Waals surface area contributed by atoms with Crippen molar-refractivity contribution in [3.05, 3.63) is 35.8 Å². The molecule has 0 spiro atoms. The van der Waals surface area contributed by atoms with Crippen molar-refractivity contribution >= 4 is 11.0 Å². The standard InChI is InChI=1S/C14H17FN2O/c1-16-4-6-17(7-5-16)10-13-8-11-2-3-12(15)9-14(11)18-13/h2-3,8-9H,4-7,10H2,1H3. The number of halogens is 1. The normalized spacial score (nSPS) is 18.6. The SMILES string of the molecule is CN1CCN(Cc2cc3ccc(F)cc3o2)CC1. The van der Waals surface area contributed by atoms with Gasteiger partial charge in [-0.3, -0.25) is 4.90 Å². The Labute approximate surface area is 106 Å². The molecule has 2 heterocycles. The molecule has 1 aliphatic rings. The lowest BCUT2D eigenvalue weighted by Gasteiger charge is -2.31. The summed E-state index contributed by atoms with van der Waals surface area (Å²) in [7, 11) is 2.14. The molecule has 96 valence electrons. The Bertz CT molecular complexity index is 544. The van der Waals surface area contributed by atoms with Gasteiger partial charge in [-0.25, -0.2) is 4.39 Å². The average molecular weight is 248 g/mol. The highest BCUT2D eigenvalue weighted by atomic mass is 19.1. The van der Waals surface area contributed by atoms with Gasteiger partial charge in [0.1, 0.15) is 17.2 Å². The van der Waals surface area contributed by atoms with Crippen LogP contribution in [0.15, 0.2) is 28.7 Å². The molecule has 0 N–H and O–H groups in total. The van der Waals surface area contributed by atoms with Crippen LogP contribution in [-0.2, 0) is 6.54 Å². The van der Waals surface area contributed by atoms with Crippen LogP contribution in [0.1, 0.15) is 5.76 Å². The van der Waals surface area contributed by atoms with Crippen LogP contribution in [0, 0.1) is 5.82 Å². The lowest BCUT2D eigenvalue weighted by Crippen LogP contribution is -2.43. The molecule has 0 bridgehead atoms. The van der Waals surface area contributed by atoms with E-state index < -0.39 is 0 Å². The minimum atomic E-state index is -0.247. The molecule has 1 saturated heterocycles. The molecule has 3 rings (SSSR count). The van der Waals surface area contributed by atoms with Crippen molar-refractivity contribution in [1.29, 1.82) is 0 Å². The van der Waals surface area contributed by atoms with E-state index in [2.05, 4.69) is 16.8 Å². The first-order valence-electron chi connectivity index (χ1n) is 6.29. The van der Waals surface area contributed by atoms with Crippen LogP contribution in [0.2, 0.25) is 0 Å². The summed E-state index contributed by atoms with van der Waals surface area (Å²) in [5.41, 5.74) is 0.638. The van der Waals surface area contributed by atoms with Gasteiger partial charge in [0, 0.05) is 37.6 Å². The number of nitrogens with zero attached hydrogens (tertiary/aromatic N) is 2. The van der Waals surface area contributed by atoms with Gasteiger partial charge < -0.3 is 9.32 Å². The lowest BCUT2D eigenvalue weighted by atomic mass is 10.2. The van der Waals surface area contributed by atoms with Gasteiger partial charge in [0.05, 0.1) is 6.54 Å². The van der Waals surface area contributed by atoms with Crippen molar-refractivity contribution in [2.75, 3.05) is 33.2 Å². The number of benzene rings is 1. The fourth-order valence-corrected chi connectivity index (χ4v) is 2.36. The van der Waals surface area contributed by atoms with Crippen LogP contribution in [0.4, 0.5) is 4.39 Å². The third kappa shape index (κ3) is 2.40. The maximum Gasteiger partial charge on any atom is 0.137 e. The number of rotatable bonds is 2. The molecule has 2 aromatic rings. The van der Waals surface area contributed by atoms with Gasteiger partial charge in [0.25, 0.3) is 0 Å². The summed E-state index contributed by atoms with van der Waals surface area (Å²) in [6.07, 6.45) is 0. The maximum absolute atomic E-state index is 13.1. The van der Waals surface area contributed by atoms with Gasteiger partial charge >= 0.3 is 0 Å². The van der Waals surface area contributed by atoms with Gasteiger partial charge in [0.15, 0.2) is 0 Å². The molecular formula is C14H17FN2O. The first-order chi connectivity index (χ1) is 8.70. The zero-order valence-electron chi connectivity index (χ0n) is 10.5. The van der Waals surface area contributed by atoms with E-state index in [0.29, 0.717) is 5.58 Å². The van der Waals surface area contributed by atoms with E-state index >= 15 is 0 Å². The molecule has 0 aliphatic carbocycles. The minimum absolute atomic E-state index is 0.247. The molecule has 0 amide bonds. The minimum Gasteiger partial charge on any atom is -0.460 e. The fourth-order valence-electron chi connectivity index (χ4n) is 2.36. The van der Waals surface area contributed by atoms with Crippen molar-refractivity contribution in [2.45, 2.75) is 6.54 Å². The monoisotopic (exact) mass is 248 g/mol. The summed E-state index contributed by atoms with van der Waals surface area (Å²) in [6.45, 7) is 5.11. The molecule has 3 nitrogen and oxygen atoms in total. The summed E-state index contributed by atoms with van der Waals surface area (Å²) in [6, 6.07) is 6.69. The summed E-state index contributed by atoms with van der Waals surface area (Å²) in [4.78, 5) is 4.69. The van der Waals surface area contributed by atoms with Crippen LogP contribution in [0.5, 0.6) is 0 Å². The zero-order valence-corrected chi connectivity index (χ0v) is 10.5. The predicted molar refractivity (Wildman–Crippen MR) is 68.9 cm³/mol. The largest absolute Gasteiger partial charge is 0.460 e. The van der Waals surface area contributed by atoms with Gasteiger partial charge in [-0.05, 0) is 25.2 Å². The van der Waals surface area contributed by atoms with E-state index in [9.17, 15) is 4.39 Å². The van der Waals surface area contributed by atoms with Crippen molar-refractivity contribution < 1.29 is 8.81 Å². The topological polar surface area (TPSA) is 19.6 Å².